The molecule has 1 unspecified atom stereocenters. The van der Waals surface area contributed by atoms with Crippen molar-refractivity contribution in [1.29, 1.82) is 0 Å². The van der Waals surface area contributed by atoms with Crippen molar-refractivity contribution >= 4 is 17.3 Å². The summed E-state index contributed by atoms with van der Waals surface area (Å²) in [5.74, 6) is 1.53. The summed E-state index contributed by atoms with van der Waals surface area (Å²) >= 11 is 0. The molecular formula is C12H21N5O. The summed E-state index contributed by atoms with van der Waals surface area (Å²) in [6.45, 7) is 4.69. The lowest BCUT2D eigenvalue weighted by Gasteiger charge is -2.21. The van der Waals surface area contributed by atoms with Crippen LogP contribution in [0.4, 0.5) is 17.3 Å². The Hall–Kier alpha value is -1.56. The molecule has 0 saturated carbocycles. The van der Waals surface area contributed by atoms with Crippen molar-refractivity contribution in [1.82, 2.24) is 9.97 Å². The zero-order chi connectivity index (χ0) is 13.0. The number of aromatic nitrogens is 2. The molecule has 0 bridgehead atoms. The van der Waals surface area contributed by atoms with Gasteiger partial charge in [0.2, 0.25) is 0 Å². The molecule has 1 fully saturated rings. The molecule has 0 radical (unpaired) electrons. The number of nitrogen functional groups attached to an aromatic ring is 1. The lowest BCUT2D eigenvalue weighted by atomic mass is 10.3. The van der Waals surface area contributed by atoms with Crippen molar-refractivity contribution in [3.8, 4) is 0 Å². The van der Waals surface area contributed by atoms with Gasteiger partial charge in [0, 0.05) is 26.2 Å². The number of hydrogen-bond acceptors (Lipinski definition) is 6. The number of nitrogens with two attached hydrogens (primary N) is 1. The van der Waals surface area contributed by atoms with Gasteiger partial charge < -0.3 is 20.7 Å². The Morgan fingerprint density at radius 1 is 1.44 bits per heavy atom. The second-order valence-electron chi connectivity index (χ2n) is 4.65. The molecule has 0 amide bonds. The summed E-state index contributed by atoms with van der Waals surface area (Å²) in [6.07, 6.45) is 3.96. The zero-order valence-corrected chi connectivity index (χ0v) is 11.0. The summed E-state index contributed by atoms with van der Waals surface area (Å²) in [4.78, 5) is 10.7. The molecule has 1 saturated heterocycles. The maximum Gasteiger partial charge on any atom is 0.157 e. The standard InChI is InChI=1S/C12H21N5O/c1-9(7-18-2)16-11-10(13)12(15-8-14-11)17-5-3-4-6-17/h8-9H,3-7,13H2,1-2H3,(H,14,15,16). The van der Waals surface area contributed by atoms with Gasteiger partial charge in [0.05, 0.1) is 6.61 Å². The number of nitrogens with one attached hydrogen (secondary N) is 1. The van der Waals surface area contributed by atoms with Crippen LogP contribution in [-0.4, -0.2) is 42.8 Å². The molecule has 100 valence electrons. The summed E-state index contributed by atoms with van der Waals surface area (Å²) in [5.41, 5.74) is 6.76. The molecule has 6 heteroatoms. The molecule has 0 spiro atoms. The molecule has 1 aromatic heterocycles. The van der Waals surface area contributed by atoms with E-state index in [1.807, 2.05) is 6.92 Å². The van der Waals surface area contributed by atoms with Gasteiger partial charge >= 0.3 is 0 Å². The van der Waals surface area contributed by atoms with Gasteiger partial charge in [-0.25, -0.2) is 9.97 Å². The maximum atomic E-state index is 6.14. The van der Waals surface area contributed by atoms with Crippen LogP contribution in [0.1, 0.15) is 19.8 Å². The van der Waals surface area contributed by atoms with Gasteiger partial charge in [-0.15, -0.1) is 0 Å². The summed E-state index contributed by atoms with van der Waals surface area (Å²) in [6, 6.07) is 0.165. The van der Waals surface area contributed by atoms with E-state index < -0.39 is 0 Å². The van der Waals surface area contributed by atoms with Crippen molar-refractivity contribution in [3.05, 3.63) is 6.33 Å². The van der Waals surface area contributed by atoms with Gasteiger partial charge in [-0.2, -0.15) is 0 Å². The molecule has 1 aromatic rings. The molecule has 1 aliphatic heterocycles. The van der Waals surface area contributed by atoms with E-state index in [0.29, 0.717) is 18.1 Å². The Bertz CT molecular complexity index is 392. The number of hydrogen-bond donors (Lipinski definition) is 2. The average molecular weight is 251 g/mol. The quantitative estimate of drug-likeness (QED) is 0.816. The minimum absolute atomic E-state index is 0.165. The van der Waals surface area contributed by atoms with Crippen LogP contribution in [0.5, 0.6) is 0 Å². The third kappa shape index (κ3) is 2.81. The number of rotatable bonds is 5. The number of nitrogens with zero attached hydrogens (tertiary/aromatic N) is 3. The minimum atomic E-state index is 0.165. The first-order valence-electron chi connectivity index (χ1n) is 6.33. The van der Waals surface area contributed by atoms with E-state index in [2.05, 4.69) is 20.2 Å². The topological polar surface area (TPSA) is 76.3 Å². The maximum absolute atomic E-state index is 6.14. The molecule has 1 aliphatic rings. The van der Waals surface area contributed by atoms with E-state index in [1.165, 1.54) is 12.8 Å². The third-order valence-corrected chi connectivity index (χ3v) is 3.07. The monoisotopic (exact) mass is 251 g/mol. The third-order valence-electron chi connectivity index (χ3n) is 3.07. The van der Waals surface area contributed by atoms with Crippen molar-refractivity contribution in [2.24, 2.45) is 0 Å². The fourth-order valence-electron chi connectivity index (χ4n) is 2.21. The van der Waals surface area contributed by atoms with Crippen LogP contribution in [0.15, 0.2) is 6.33 Å². The molecule has 0 aliphatic carbocycles. The van der Waals surface area contributed by atoms with E-state index in [0.717, 1.165) is 18.9 Å². The van der Waals surface area contributed by atoms with E-state index in [-0.39, 0.29) is 6.04 Å². The molecule has 6 nitrogen and oxygen atoms in total. The largest absolute Gasteiger partial charge is 0.393 e. The van der Waals surface area contributed by atoms with Crippen molar-refractivity contribution in [2.75, 3.05) is 42.8 Å². The highest BCUT2D eigenvalue weighted by molar-refractivity contribution is 5.75. The molecule has 18 heavy (non-hydrogen) atoms. The second kappa shape index (κ2) is 5.86. The molecule has 0 aromatic carbocycles. The number of methoxy groups -OCH3 is 1. The van der Waals surface area contributed by atoms with E-state index in [9.17, 15) is 0 Å². The number of anilines is 3. The van der Waals surface area contributed by atoms with Crippen LogP contribution in [0.2, 0.25) is 0 Å². The van der Waals surface area contributed by atoms with Gasteiger partial charge in [-0.3, -0.25) is 0 Å². The van der Waals surface area contributed by atoms with E-state index >= 15 is 0 Å². The van der Waals surface area contributed by atoms with Gasteiger partial charge in [-0.1, -0.05) is 0 Å². The van der Waals surface area contributed by atoms with Crippen LogP contribution >= 0.6 is 0 Å². The SMILES string of the molecule is COCC(C)Nc1ncnc(N2CCCC2)c1N. The predicted molar refractivity (Wildman–Crippen MR) is 72.9 cm³/mol. The molecule has 2 heterocycles. The Morgan fingerprint density at radius 3 is 2.83 bits per heavy atom. The average Bonchev–Trinajstić information content (AvgIpc) is 2.86. The van der Waals surface area contributed by atoms with Crippen molar-refractivity contribution < 1.29 is 4.74 Å². The summed E-state index contributed by atoms with van der Waals surface area (Å²) < 4.78 is 5.09. The highest BCUT2D eigenvalue weighted by atomic mass is 16.5. The van der Waals surface area contributed by atoms with Crippen LogP contribution in [0, 0.1) is 0 Å². The lowest BCUT2D eigenvalue weighted by Crippen LogP contribution is -2.25. The summed E-state index contributed by atoms with van der Waals surface area (Å²) in [7, 11) is 1.68. The van der Waals surface area contributed by atoms with E-state index in [4.69, 9.17) is 10.5 Å². The smallest absolute Gasteiger partial charge is 0.157 e. The van der Waals surface area contributed by atoms with Gasteiger partial charge in [0.1, 0.15) is 12.0 Å². The second-order valence-corrected chi connectivity index (χ2v) is 4.65. The fraction of sp³-hybridized carbons (Fsp3) is 0.667. The Kier molecular flexibility index (Phi) is 4.19. The Balaban J connectivity index is 2.13. The lowest BCUT2D eigenvalue weighted by molar-refractivity contribution is 0.190. The molecular weight excluding hydrogens is 230 g/mol. The molecule has 3 N–H and O–H groups in total. The fourth-order valence-corrected chi connectivity index (χ4v) is 2.21. The van der Waals surface area contributed by atoms with Crippen LogP contribution in [-0.2, 0) is 4.74 Å². The van der Waals surface area contributed by atoms with Gasteiger partial charge in [-0.05, 0) is 19.8 Å². The molecule has 1 atom stereocenters. The predicted octanol–water partition coefficient (Wildman–Crippen LogP) is 1.11. The molecule has 2 rings (SSSR count). The normalized spacial score (nSPS) is 16.9. The van der Waals surface area contributed by atoms with Crippen LogP contribution < -0.4 is 16.0 Å². The number of ether oxygens (including phenoxy) is 1. The van der Waals surface area contributed by atoms with Gasteiger partial charge in [0.25, 0.3) is 0 Å². The first-order valence-corrected chi connectivity index (χ1v) is 6.33. The first-order chi connectivity index (χ1) is 8.72. The van der Waals surface area contributed by atoms with Crippen LogP contribution in [0.3, 0.4) is 0 Å². The van der Waals surface area contributed by atoms with Crippen LogP contribution in [0.25, 0.3) is 0 Å². The zero-order valence-electron chi connectivity index (χ0n) is 11.0. The highest BCUT2D eigenvalue weighted by Gasteiger charge is 2.18. The van der Waals surface area contributed by atoms with Crippen molar-refractivity contribution in [3.63, 3.8) is 0 Å². The highest BCUT2D eigenvalue weighted by Crippen LogP contribution is 2.28. The van der Waals surface area contributed by atoms with Crippen molar-refractivity contribution in [2.45, 2.75) is 25.8 Å². The van der Waals surface area contributed by atoms with Gasteiger partial charge in [0.15, 0.2) is 11.6 Å². The Labute approximate surface area is 108 Å². The first kappa shape index (κ1) is 12.9. The minimum Gasteiger partial charge on any atom is -0.393 e. The summed E-state index contributed by atoms with van der Waals surface area (Å²) in [5, 5.41) is 3.25. The Morgan fingerprint density at radius 2 is 2.17 bits per heavy atom. The van der Waals surface area contributed by atoms with E-state index in [1.54, 1.807) is 13.4 Å².